The quantitative estimate of drug-likeness (QED) is 0.0659. The van der Waals surface area contributed by atoms with Gasteiger partial charge >= 0.3 is 27.6 Å². The van der Waals surface area contributed by atoms with Crippen molar-refractivity contribution in [3.63, 3.8) is 0 Å². The van der Waals surface area contributed by atoms with Gasteiger partial charge in [-0.25, -0.2) is 9.59 Å². The summed E-state index contributed by atoms with van der Waals surface area (Å²) >= 11 is 13.1. The van der Waals surface area contributed by atoms with Gasteiger partial charge in [-0.3, -0.25) is 0 Å². The van der Waals surface area contributed by atoms with Gasteiger partial charge in [0.05, 0.1) is 21.2 Å². The van der Waals surface area contributed by atoms with E-state index in [-0.39, 0.29) is 41.6 Å². The van der Waals surface area contributed by atoms with Gasteiger partial charge in [0.2, 0.25) is 0 Å². The van der Waals surface area contributed by atoms with Crippen LogP contribution < -0.4 is 23.1 Å². The first-order chi connectivity index (χ1) is 35.0. The Hall–Kier alpha value is -7.74. The molecule has 4 aliphatic rings. The van der Waals surface area contributed by atoms with Crippen molar-refractivity contribution in [1.82, 2.24) is 0 Å². The zero-order valence-electron chi connectivity index (χ0n) is 37.7. The van der Waals surface area contributed by atoms with Crippen molar-refractivity contribution in [3.05, 3.63) is 188 Å². The minimum absolute atomic E-state index is 0.0142. The first-order valence-corrected chi connectivity index (χ1v) is 23.9. The summed E-state index contributed by atoms with van der Waals surface area (Å²) in [6.45, 7) is -0.0924. The molecular weight excluding hydrogens is 1020 g/mol. The number of hydrogen-bond acceptors (Lipinski definition) is 14. The van der Waals surface area contributed by atoms with Gasteiger partial charge in [0.25, 0.3) is 0 Å². The van der Waals surface area contributed by atoms with Crippen LogP contribution in [0.4, 0.5) is 13.2 Å². The molecule has 1 N–H and O–H groups in total. The Morgan fingerprint density at radius 3 is 1.52 bits per heavy atom. The molecule has 0 aliphatic carbocycles. The summed E-state index contributed by atoms with van der Waals surface area (Å²) in [5.41, 5.74) is -4.16. The van der Waals surface area contributed by atoms with Crippen LogP contribution in [-0.2, 0) is 40.3 Å². The lowest BCUT2D eigenvalue weighted by Crippen LogP contribution is -2.33. The Labute approximate surface area is 421 Å². The largest absolute Gasteiger partial charge is 0.534 e. The van der Waals surface area contributed by atoms with Crippen molar-refractivity contribution >= 4 is 66.8 Å². The van der Waals surface area contributed by atoms with Crippen LogP contribution in [0, 0.1) is 0 Å². The number of alkyl halides is 3. The van der Waals surface area contributed by atoms with Crippen LogP contribution in [0.3, 0.4) is 0 Å². The standard InChI is InChI=1S/C27H16ClF3O8S.C26H17ClO6/c1-35-13-36-23-12-22-20(11-21(23)28)26(18-5-3-2-4-17(18)25(32)38-26)19-9-6-14-10-15(7-8-16(14)24(19)37-22)39-40(33,34)27(29,30)31;1-30-13-31-23-12-22-20(11-21(23)27)26(18-5-3-2-4-17(18)25(29)33-26)19-9-6-14-10-15(28)7-8-16(14)24(19)32-22/h2-12H,13H2,1H3;2-12,28H,13H2,1H3. The van der Waals surface area contributed by atoms with Gasteiger partial charge in [0, 0.05) is 70.5 Å². The normalized spacial score (nSPS) is 17.7. The molecule has 0 aromatic heterocycles. The molecule has 73 heavy (non-hydrogen) atoms. The van der Waals surface area contributed by atoms with Crippen LogP contribution in [0.5, 0.6) is 46.0 Å². The number of carbonyl (C=O) groups is 2. The second-order valence-electron chi connectivity index (χ2n) is 16.8. The lowest BCUT2D eigenvalue weighted by atomic mass is 9.77. The van der Waals surface area contributed by atoms with E-state index < -0.39 is 44.5 Å². The molecule has 4 aliphatic heterocycles. The monoisotopic (exact) mass is 1050 g/mol. The van der Waals surface area contributed by atoms with Crippen LogP contribution in [0.1, 0.15) is 54.1 Å². The molecule has 12 rings (SSSR count). The first-order valence-electron chi connectivity index (χ1n) is 21.8. The number of aromatic hydroxyl groups is 1. The molecule has 0 radical (unpaired) electrons. The molecule has 4 heterocycles. The van der Waals surface area contributed by atoms with Crippen molar-refractivity contribution < 1.29 is 78.4 Å². The molecule has 2 spiro atoms. The Balaban J connectivity index is 0.000000160. The number of esters is 2. The van der Waals surface area contributed by atoms with Crippen LogP contribution in [-0.4, -0.2) is 58.8 Å². The first kappa shape index (κ1) is 47.6. The van der Waals surface area contributed by atoms with Gasteiger partial charge in [-0.15, -0.1) is 0 Å². The van der Waals surface area contributed by atoms with Gasteiger partial charge in [0.15, 0.2) is 24.8 Å². The van der Waals surface area contributed by atoms with Crippen LogP contribution in [0.25, 0.3) is 21.5 Å². The number of phenolic OH excluding ortho intramolecular Hbond substituents is 1. The van der Waals surface area contributed by atoms with E-state index in [0.717, 1.165) is 22.9 Å². The summed E-state index contributed by atoms with van der Waals surface area (Å²) in [4.78, 5) is 26.1. The van der Waals surface area contributed by atoms with Gasteiger partial charge in [0.1, 0.15) is 46.0 Å². The molecule has 2 atom stereocenters. The minimum Gasteiger partial charge on any atom is -0.508 e. The van der Waals surface area contributed by atoms with Crippen molar-refractivity contribution in [2.75, 3.05) is 27.8 Å². The number of carbonyl (C=O) groups excluding carboxylic acids is 2. The second kappa shape index (κ2) is 17.5. The number of methoxy groups -OCH3 is 2. The highest BCUT2D eigenvalue weighted by Crippen LogP contribution is 2.61. The minimum atomic E-state index is -5.88. The molecule has 370 valence electrons. The molecule has 14 nitrogen and oxygen atoms in total. The fourth-order valence-electron chi connectivity index (χ4n) is 9.57. The summed E-state index contributed by atoms with van der Waals surface area (Å²) in [6.07, 6.45) is 0. The van der Waals surface area contributed by atoms with E-state index in [2.05, 4.69) is 4.18 Å². The maximum absolute atomic E-state index is 13.1. The Morgan fingerprint density at radius 1 is 0.575 bits per heavy atom. The number of fused-ring (bicyclic) bond motifs is 16. The molecule has 0 amide bonds. The molecule has 0 bridgehead atoms. The van der Waals surface area contributed by atoms with Crippen molar-refractivity contribution in [2.45, 2.75) is 16.7 Å². The Kier molecular flexibility index (Phi) is 11.4. The fraction of sp³-hybridized carbons (Fsp3) is 0.132. The van der Waals surface area contributed by atoms with Gasteiger partial charge in [-0.1, -0.05) is 71.7 Å². The zero-order valence-corrected chi connectivity index (χ0v) is 40.0. The second-order valence-corrected chi connectivity index (χ2v) is 19.1. The summed E-state index contributed by atoms with van der Waals surface area (Å²) < 4.78 is 112. The zero-order chi connectivity index (χ0) is 51.2. The van der Waals surface area contributed by atoms with E-state index in [4.69, 9.17) is 61.1 Å². The molecular formula is C53H33Cl2F3O14S. The Bertz CT molecular complexity index is 3780. The third-order valence-corrected chi connectivity index (χ3v) is 14.2. The van der Waals surface area contributed by atoms with E-state index in [0.29, 0.717) is 77.6 Å². The number of halogens is 5. The molecule has 8 aromatic rings. The van der Waals surface area contributed by atoms with E-state index in [1.54, 1.807) is 78.9 Å². The number of hydrogen-bond donors (Lipinski definition) is 1. The smallest absolute Gasteiger partial charge is 0.508 e. The highest BCUT2D eigenvalue weighted by atomic mass is 35.5. The van der Waals surface area contributed by atoms with Crippen LogP contribution >= 0.6 is 23.2 Å². The van der Waals surface area contributed by atoms with Crippen molar-refractivity contribution in [2.24, 2.45) is 0 Å². The fourth-order valence-corrected chi connectivity index (χ4v) is 10.5. The maximum Gasteiger partial charge on any atom is 0.534 e. The van der Waals surface area contributed by atoms with E-state index in [1.807, 2.05) is 24.3 Å². The third kappa shape index (κ3) is 7.50. The summed E-state index contributed by atoms with van der Waals surface area (Å²) in [5, 5.41) is 12.7. The van der Waals surface area contributed by atoms with E-state index >= 15 is 0 Å². The average molecular weight is 1050 g/mol. The predicted molar refractivity (Wildman–Crippen MR) is 257 cm³/mol. The SMILES string of the molecule is COCOc1cc2c(cc1Cl)C1(OC(=O)c3ccccc31)c1ccc3cc(O)ccc3c1O2.COCOc1cc2c(cc1Cl)C1(OC(=O)c3ccccc31)c1ccc3cc(OS(=O)(=O)C(F)(F)F)ccc3c1O2. The topological polar surface area (TPSA) is 172 Å². The molecule has 8 aromatic carbocycles. The number of rotatable bonds is 8. The van der Waals surface area contributed by atoms with E-state index in [1.165, 1.54) is 32.4 Å². The molecule has 20 heteroatoms. The summed E-state index contributed by atoms with van der Waals surface area (Å²) in [7, 11) is -2.92. The summed E-state index contributed by atoms with van der Waals surface area (Å²) in [5.74, 6) is 0.645. The lowest BCUT2D eigenvalue weighted by Gasteiger charge is -2.37. The number of phenols is 1. The summed E-state index contributed by atoms with van der Waals surface area (Å²) in [6, 6.07) is 36.0. The van der Waals surface area contributed by atoms with Gasteiger partial charge in [-0.2, -0.15) is 21.6 Å². The number of ether oxygens (including phenoxy) is 8. The molecule has 2 unspecified atom stereocenters. The van der Waals surface area contributed by atoms with Crippen molar-refractivity contribution in [1.29, 1.82) is 0 Å². The highest BCUT2D eigenvalue weighted by molar-refractivity contribution is 7.88. The predicted octanol–water partition coefficient (Wildman–Crippen LogP) is 12.0. The van der Waals surface area contributed by atoms with Crippen molar-refractivity contribution in [3.8, 4) is 46.0 Å². The highest BCUT2D eigenvalue weighted by Gasteiger charge is 2.56. The van der Waals surface area contributed by atoms with Crippen LogP contribution in [0.2, 0.25) is 10.0 Å². The third-order valence-electron chi connectivity index (χ3n) is 12.6. The Morgan fingerprint density at radius 2 is 1.04 bits per heavy atom. The molecule has 0 fully saturated rings. The average Bonchev–Trinajstić information content (AvgIpc) is 3.83. The van der Waals surface area contributed by atoms with E-state index in [9.17, 15) is 36.3 Å². The van der Waals surface area contributed by atoms with Gasteiger partial charge in [-0.05, 0) is 83.6 Å². The number of benzene rings is 8. The lowest BCUT2D eigenvalue weighted by molar-refractivity contribution is -0.0500. The van der Waals surface area contributed by atoms with Gasteiger partial charge < -0.3 is 47.2 Å². The molecule has 0 saturated carbocycles. The van der Waals surface area contributed by atoms with Crippen LogP contribution in [0.15, 0.2) is 133 Å². The maximum atomic E-state index is 13.1. The molecule has 0 saturated heterocycles.